The largest absolute Gasteiger partial charge is 0.372 e. The third-order valence-corrected chi connectivity index (χ3v) is 4.32. The summed E-state index contributed by atoms with van der Waals surface area (Å²) in [5.41, 5.74) is 5.02. The summed E-state index contributed by atoms with van der Waals surface area (Å²) < 4.78 is 0. The number of anilines is 3. The van der Waals surface area contributed by atoms with E-state index in [1.165, 1.54) is 18.5 Å². The predicted molar refractivity (Wildman–Crippen MR) is 96.4 cm³/mol. The molecule has 1 aliphatic heterocycles. The number of benzene rings is 2. The monoisotopic (exact) mass is 309 g/mol. The van der Waals surface area contributed by atoms with Gasteiger partial charge in [0.05, 0.1) is 0 Å². The second kappa shape index (κ2) is 6.73. The van der Waals surface area contributed by atoms with E-state index >= 15 is 0 Å². The van der Waals surface area contributed by atoms with Crippen molar-refractivity contribution in [1.82, 2.24) is 0 Å². The van der Waals surface area contributed by atoms with Crippen molar-refractivity contribution < 1.29 is 4.79 Å². The van der Waals surface area contributed by atoms with Gasteiger partial charge in [-0.2, -0.15) is 0 Å². The molecule has 0 aromatic heterocycles. The van der Waals surface area contributed by atoms with Crippen molar-refractivity contribution >= 4 is 23.1 Å². The molecule has 0 spiro atoms. The highest BCUT2D eigenvalue weighted by Crippen LogP contribution is 2.23. The van der Waals surface area contributed by atoms with Crippen LogP contribution >= 0.6 is 0 Å². The summed E-state index contributed by atoms with van der Waals surface area (Å²) in [6.45, 7) is 6.24. The molecule has 1 heterocycles. The molecule has 3 rings (SSSR count). The van der Waals surface area contributed by atoms with Gasteiger partial charge in [0.1, 0.15) is 0 Å². The van der Waals surface area contributed by atoms with Crippen molar-refractivity contribution in [3.05, 3.63) is 53.6 Å². The maximum Gasteiger partial charge on any atom is 0.323 e. The lowest BCUT2D eigenvalue weighted by Crippen LogP contribution is -2.21. The average molecular weight is 309 g/mol. The van der Waals surface area contributed by atoms with Gasteiger partial charge >= 0.3 is 6.03 Å². The summed E-state index contributed by atoms with van der Waals surface area (Å²) in [5, 5.41) is 5.83. The van der Waals surface area contributed by atoms with Crippen LogP contribution in [0.4, 0.5) is 21.9 Å². The van der Waals surface area contributed by atoms with E-state index in [9.17, 15) is 4.79 Å². The van der Waals surface area contributed by atoms with Crippen LogP contribution in [-0.4, -0.2) is 19.1 Å². The minimum atomic E-state index is -0.212. The normalized spacial score (nSPS) is 13.9. The Labute approximate surface area is 137 Å². The summed E-state index contributed by atoms with van der Waals surface area (Å²) in [6.07, 6.45) is 2.52. The molecule has 0 unspecified atom stereocenters. The van der Waals surface area contributed by atoms with Crippen molar-refractivity contribution in [1.29, 1.82) is 0 Å². The molecule has 23 heavy (non-hydrogen) atoms. The van der Waals surface area contributed by atoms with Crippen LogP contribution in [-0.2, 0) is 0 Å². The summed E-state index contributed by atoms with van der Waals surface area (Å²) in [6, 6.07) is 13.8. The van der Waals surface area contributed by atoms with Gasteiger partial charge in [-0.15, -0.1) is 0 Å². The van der Waals surface area contributed by atoms with Crippen molar-refractivity contribution in [2.75, 3.05) is 28.6 Å². The number of hydrogen-bond acceptors (Lipinski definition) is 2. The topological polar surface area (TPSA) is 44.4 Å². The molecule has 4 heteroatoms. The van der Waals surface area contributed by atoms with Gasteiger partial charge < -0.3 is 15.5 Å². The van der Waals surface area contributed by atoms with Gasteiger partial charge in [0.2, 0.25) is 0 Å². The Balaban J connectivity index is 1.63. The van der Waals surface area contributed by atoms with Gasteiger partial charge in [-0.05, 0) is 62.1 Å². The fourth-order valence-corrected chi connectivity index (χ4v) is 3.02. The van der Waals surface area contributed by atoms with E-state index < -0.39 is 0 Å². The van der Waals surface area contributed by atoms with Crippen LogP contribution in [0.3, 0.4) is 0 Å². The average Bonchev–Trinajstić information content (AvgIpc) is 3.06. The summed E-state index contributed by atoms with van der Waals surface area (Å²) >= 11 is 0. The molecule has 1 fully saturated rings. The van der Waals surface area contributed by atoms with Gasteiger partial charge in [0.25, 0.3) is 0 Å². The summed E-state index contributed by atoms with van der Waals surface area (Å²) in [7, 11) is 0. The first-order valence-corrected chi connectivity index (χ1v) is 8.13. The number of hydrogen-bond donors (Lipinski definition) is 2. The molecule has 0 saturated carbocycles. The van der Waals surface area contributed by atoms with Crippen LogP contribution in [0.15, 0.2) is 42.5 Å². The van der Waals surface area contributed by atoms with Gasteiger partial charge in [-0.1, -0.05) is 18.2 Å². The molecule has 2 aromatic rings. The smallest absolute Gasteiger partial charge is 0.323 e. The molecular weight excluding hydrogens is 286 g/mol. The predicted octanol–water partition coefficient (Wildman–Crippen LogP) is 4.55. The number of carbonyl (C=O) groups excluding carboxylic acids is 1. The van der Waals surface area contributed by atoms with Crippen LogP contribution in [0, 0.1) is 13.8 Å². The van der Waals surface area contributed by atoms with Crippen molar-refractivity contribution in [3.63, 3.8) is 0 Å². The lowest BCUT2D eigenvalue weighted by molar-refractivity contribution is 0.262. The highest BCUT2D eigenvalue weighted by atomic mass is 16.2. The number of nitrogens with one attached hydrogen (secondary N) is 2. The Bertz CT molecular complexity index is 668. The molecular formula is C19H23N3O. The van der Waals surface area contributed by atoms with Gasteiger partial charge in [0.15, 0.2) is 0 Å². The Hall–Kier alpha value is -2.49. The van der Waals surface area contributed by atoms with E-state index in [1.807, 2.05) is 44.2 Å². The Kier molecular flexibility index (Phi) is 4.51. The van der Waals surface area contributed by atoms with Gasteiger partial charge in [-0.25, -0.2) is 4.79 Å². The Morgan fingerprint density at radius 1 is 0.913 bits per heavy atom. The lowest BCUT2D eigenvalue weighted by Gasteiger charge is -2.18. The zero-order valence-electron chi connectivity index (χ0n) is 13.7. The van der Waals surface area contributed by atoms with E-state index in [-0.39, 0.29) is 6.03 Å². The van der Waals surface area contributed by atoms with E-state index in [4.69, 9.17) is 0 Å². The molecule has 1 saturated heterocycles. The molecule has 1 aliphatic rings. The molecule has 0 bridgehead atoms. The van der Waals surface area contributed by atoms with Crippen LogP contribution in [0.5, 0.6) is 0 Å². The minimum absolute atomic E-state index is 0.212. The number of aryl methyl sites for hydroxylation is 2. The van der Waals surface area contributed by atoms with Crippen LogP contribution in [0.1, 0.15) is 24.0 Å². The number of para-hydroxylation sites is 1. The van der Waals surface area contributed by atoms with E-state index in [1.54, 1.807) is 0 Å². The Morgan fingerprint density at radius 3 is 2.13 bits per heavy atom. The number of carbonyl (C=O) groups is 1. The third-order valence-electron chi connectivity index (χ3n) is 4.32. The molecule has 4 nitrogen and oxygen atoms in total. The molecule has 0 atom stereocenters. The molecule has 2 amide bonds. The zero-order chi connectivity index (χ0) is 16.2. The zero-order valence-corrected chi connectivity index (χ0v) is 13.7. The highest BCUT2D eigenvalue weighted by Gasteiger charge is 2.12. The van der Waals surface area contributed by atoms with E-state index in [0.29, 0.717) is 0 Å². The molecule has 120 valence electrons. The SMILES string of the molecule is Cc1cccc(C)c1NC(=O)Nc1ccc(N2CCCC2)cc1. The fraction of sp³-hybridized carbons (Fsp3) is 0.316. The number of amides is 2. The molecule has 0 radical (unpaired) electrons. The van der Waals surface area contributed by atoms with Crippen LogP contribution in [0.2, 0.25) is 0 Å². The number of rotatable bonds is 3. The summed E-state index contributed by atoms with van der Waals surface area (Å²) in [4.78, 5) is 14.6. The maximum atomic E-state index is 12.2. The van der Waals surface area contributed by atoms with Gasteiger partial charge in [-0.3, -0.25) is 0 Å². The van der Waals surface area contributed by atoms with Crippen molar-refractivity contribution in [2.24, 2.45) is 0 Å². The third kappa shape index (κ3) is 3.65. The minimum Gasteiger partial charge on any atom is -0.372 e. The van der Waals surface area contributed by atoms with Crippen LogP contribution in [0.25, 0.3) is 0 Å². The standard InChI is InChI=1S/C19H23N3O/c1-14-6-5-7-15(2)18(14)21-19(23)20-16-8-10-17(11-9-16)22-12-3-4-13-22/h5-11H,3-4,12-13H2,1-2H3,(H2,20,21,23). The quantitative estimate of drug-likeness (QED) is 0.873. The Morgan fingerprint density at radius 2 is 1.52 bits per heavy atom. The first kappa shape index (κ1) is 15.4. The highest BCUT2D eigenvalue weighted by molar-refractivity contribution is 6.00. The number of nitrogens with zero attached hydrogens (tertiary/aromatic N) is 1. The summed E-state index contributed by atoms with van der Waals surface area (Å²) in [5.74, 6) is 0. The first-order chi connectivity index (χ1) is 11.1. The van der Waals surface area contributed by atoms with Crippen molar-refractivity contribution in [3.8, 4) is 0 Å². The second-order valence-corrected chi connectivity index (χ2v) is 6.09. The van der Waals surface area contributed by atoms with E-state index in [2.05, 4.69) is 27.7 Å². The molecule has 2 aromatic carbocycles. The first-order valence-electron chi connectivity index (χ1n) is 8.13. The van der Waals surface area contributed by atoms with Gasteiger partial charge in [0, 0.05) is 30.2 Å². The van der Waals surface area contributed by atoms with E-state index in [0.717, 1.165) is 35.6 Å². The number of urea groups is 1. The molecule has 2 N–H and O–H groups in total. The molecule has 0 aliphatic carbocycles. The van der Waals surface area contributed by atoms with Crippen LogP contribution < -0.4 is 15.5 Å². The fourth-order valence-electron chi connectivity index (χ4n) is 3.02. The van der Waals surface area contributed by atoms with Crippen molar-refractivity contribution in [2.45, 2.75) is 26.7 Å². The lowest BCUT2D eigenvalue weighted by atomic mass is 10.1. The second-order valence-electron chi connectivity index (χ2n) is 6.09. The maximum absolute atomic E-state index is 12.2.